The fourth-order valence-electron chi connectivity index (χ4n) is 3.00. The molecule has 0 saturated carbocycles. The predicted molar refractivity (Wildman–Crippen MR) is 98.4 cm³/mol. The first-order valence-electron chi connectivity index (χ1n) is 8.34. The largest absolute Gasteiger partial charge is 0.368 e. The van der Waals surface area contributed by atoms with E-state index in [-0.39, 0.29) is 4.90 Å². The molecule has 2 N–H and O–H groups in total. The van der Waals surface area contributed by atoms with Crippen LogP contribution in [0, 0.1) is 6.92 Å². The van der Waals surface area contributed by atoms with Gasteiger partial charge < -0.3 is 9.80 Å². The second-order valence-corrected chi connectivity index (χ2v) is 7.69. The molecule has 7 nitrogen and oxygen atoms in total. The van der Waals surface area contributed by atoms with E-state index in [1.807, 2.05) is 6.92 Å². The van der Waals surface area contributed by atoms with Crippen LogP contribution in [0.1, 0.15) is 18.4 Å². The summed E-state index contributed by atoms with van der Waals surface area (Å²) in [6.07, 6.45) is 0.896. The van der Waals surface area contributed by atoms with Crippen molar-refractivity contribution < 1.29 is 8.42 Å². The van der Waals surface area contributed by atoms with Crippen molar-refractivity contribution in [1.29, 1.82) is 0 Å². The number of nitrogens with zero attached hydrogens (tertiary/aromatic N) is 4. The van der Waals surface area contributed by atoms with Gasteiger partial charge in [-0.2, -0.15) is 0 Å². The highest BCUT2D eigenvalue weighted by Gasteiger charge is 2.19. The van der Waals surface area contributed by atoms with Gasteiger partial charge in [0, 0.05) is 43.6 Å². The number of anilines is 2. The first-order chi connectivity index (χ1) is 11.9. The van der Waals surface area contributed by atoms with E-state index < -0.39 is 10.0 Å². The Hall–Kier alpha value is -2.19. The first kappa shape index (κ1) is 17.6. The Morgan fingerprint density at radius 3 is 2.20 bits per heavy atom. The van der Waals surface area contributed by atoms with Crippen LogP contribution in [0.4, 0.5) is 11.5 Å². The van der Waals surface area contributed by atoms with Gasteiger partial charge in [-0.05, 0) is 37.6 Å². The third kappa shape index (κ3) is 4.08. The molecule has 1 aliphatic heterocycles. The number of benzene rings is 1. The molecular weight excluding hydrogens is 338 g/mol. The number of sulfonamides is 1. The lowest BCUT2D eigenvalue weighted by Gasteiger charge is -2.37. The zero-order chi connectivity index (χ0) is 18.0. The molecule has 0 atom stereocenters. The summed E-state index contributed by atoms with van der Waals surface area (Å²) in [6.45, 7) is 7.42. The van der Waals surface area contributed by atoms with Gasteiger partial charge in [-0.1, -0.05) is 6.92 Å². The van der Waals surface area contributed by atoms with Crippen molar-refractivity contribution in [3.05, 3.63) is 41.9 Å². The monoisotopic (exact) mass is 361 g/mol. The van der Waals surface area contributed by atoms with Crippen LogP contribution in [0.5, 0.6) is 0 Å². The average Bonchev–Trinajstić information content (AvgIpc) is 2.60. The van der Waals surface area contributed by atoms with Gasteiger partial charge in [0.2, 0.25) is 10.0 Å². The average molecular weight is 361 g/mol. The fraction of sp³-hybridized carbons (Fsp3) is 0.412. The lowest BCUT2D eigenvalue weighted by molar-refractivity contribution is 0.597. The Morgan fingerprint density at radius 2 is 1.64 bits per heavy atom. The third-order valence-corrected chi connectivity index (χ3v) is 5.30. The Bertz CT molecular complexity index is 844. The van der Waals surface area contributed by atoms with Crippen LogP contribution in [-0.4, -0.2) is 44.6 Å². The predicted octanol–water partition coefficient (Wildman–Crippen LogP) is 1.32. The molecule has 0 unspecified atom stereocenters. The van der Waals surface area contributed by atoms with Gasteiger partial charge in [0.05, 0.1) is 4.90 Å². The Morgan fingerprint density at radius 1 is 1.04 bits per heavy atom. The molecule has 1 aromatic heterocycles. The quantitative estimate of drug-likeness (QED) is 0.883. The number of nitrogens with two attached hydrogens (primary N) is 1. The van der Waals surface area contributed by atoms with E-state index >= 15 is 0 Å². The van der Waals surface area contributed by atoms with Crippen molar-refractivity contribution in [3.8, 4) is 0 Å². The summed E-state index contributed by atoms with van der Waals surface area (Å²) in [4.78, 5) is 13.6. The van der Waals surface area contributed by atoms with E-state index in [4.69, 9.17) is 5.14 Å². The number of hydrogen-bond acceptors (Lipinski definition) is 6. The molecule has 134 valence electrons. The topological polar surface area (TPSA) is 92.4 Å². The second kappa shape index (κ2) is 6.97. The minimum atomic E-state index is -3.65. The van der Waals surface area contributed by atoms with Crippen LogP contribution >= 0.6 is 0 Å². The van der Waals surface area contributed by atoms with E-state index in [0.717, 1.165) is 55.6 Å². The van der Waals surface area contributed by atoms with Crippen LogP contribution in [0.15, 0.2) is 35.2 Å². The van der Waals surface area contributed by atoms with Crippen molar-refractivity contribution in [1.82, 2.24) is 9.97 Å². The number of aryl methyl sites for hydroxylation is 2. The number of piperazine rings is 1. The summed E-state index contributed by atoms with van der Waals surface area (Å²) in [5, 5.41) is 5.14. The standard InChI is InChI=1S/C17H23N5O2S/c1-3-14-12-17(20-13(2)19-14)22-10-8-21(9-11-22)15-4-6-16(7-5-15)25(18,23)24/h4-7,12H,3,8-11H2,1-2H3,(H2,18,23,24). The Labute approximate surface area is 148 Å². The molecule has 0 aliphatic carbocycles. The molecule has 0 amide bonds. The maximum atomic E-state index is 11.3. The van der Waals surface area contributed by atoms with E-state index in [1.54, 1.807) is 24.3 Å². The van der Waals surface area contributed by atoms with Crippen molar-refractivity contribution in [2.75, 3.05) is 36.0 Å². The summed E-state index contributed by atoms with van der Waals surface area (Å²) in [6, 6.07) is 8.78. The van der Waals surface area contributed by atoms with Gasteiger partial charge in [0.15, 0.2) is 0 Å². The molecule has 3 rings (SSSR count). The van der Waals surface area contributed by atoms with Crippen molar-refractivity contribution in [2.45, 2.75) is 25.2 Å². The van der Waals surface area contributed by atoms with Crippen LogP contribution < -0.4 is 14.9 Å². The maximum absolute atomic E-state index is 11.3. The van der Waals surface area contributed by atoms with E-state index in [1.165, 1.54) is 0 Å². The minimum Gasteiger partial charge on any atom is -0.368 e. The highest BCUT2D eigenvalue weighted by Crippen LogP contribution is 2.21. The van der Waals surface area contributed by atoms with Gasteiger partial charge in [0.1, 0.15) is 11.6 Å². The van der Waals surface area contributed by atoms with Crippen molar-refractivity contribution in [2.24, 2.45) is 5.14 Å². The van der Waals surface area contributed by atoms with Gasteiger partial charge in [-0.15, -0.1) is 0 Å². The third-order valence-electron chi connectivity index (χ3n) is 4.37. The molecule has 2 aromatic rings. The zero-order valence-corrected chi connectivity index (χ0v) is 15.3. The lowest BCUT2D eigenvalue weighted by Crippen LogP contribution is -2.47. The zero-order valence-electron chi connectivity index (χ0n) is 14.5. The molecule has 0 bridgehead atoms. The highest BCUT2D eigenvalue weighted by molar-refractivity contribution is 7.89. The van der Waals surface area contributed by atoms with Gasteiger partial charge in [-0.25, -0.2) is 23.5 Å². The second-order valence-electron chi connectivity index (χ2n) is 6.13. The van der Waals surface area contributed by atoms with Crippen molar-refractivity contribution >= 4 is 21.5 Å². The summed E-state index contributed by atoms with van der Waals surface area (Å²) in [7, 11) is -3.65. The molecular formula is C17H23N5O2S. The summed E-state index contributed by atoms with van der Waals surface area (Å²) in [5.74, 6) is 1.78. The summed E-state index contributed by atoms with van der Waals surface area (Å²) >= 11 is 0. The molecule has 0 spiro atoms. The van der Waals surface area contributed by atoms with Crippen molar-refractivity contribution in [3.63, 3.8) is 0 Å². The van der Waals surface area contributed by atoms with Crippen LogP contribution in [-0.2, 0) is 16.4 Å². The van der Waals surface area contributed by atoms with E-state index in [2.05, 4.69) is 32.8 Å². The smallest absolute Gasteiger partial charge is 0.238 e. The number of primary sulfonamides is 1. The fourth-order valence-corrected chi connectivity index (χ4v) is 3.51. The van der Waals surface area contributed by atoms with Crippen LogP contribution in [0.3, 0.4) is 0 Å². The maximum Gasteiger partial charge on any atom is 0.238 e. The number of aromatic nitrogens is 2. The van der Waals surface area contributed by atoms with Gasteiger partial charge in [-0.3, -0.25) is 0 Å². The van der Waals surface area contributed by atoms with Gasteiger partial charge in [0.25, 0.3) is 0 Å². The van der Waals surface area contributed by atoms with E-state index in [9.17, 15) is 8.42 Å². The SMILES string of the molecule is CCc1cc(N2CCN(c3ccc(S(N)(=O)=O)cc3)CC2)nc(C)n1. The number of hydrogen-bond donors (Lipinski definition) is 1. The first-order valence-corrected chi connectivity index (χ1v) is 9.89. The van der Waals surface area contributed by atoms with E-state index in [0.29, 0.717) is 0 Å². The normalized spacial score (nSPS) is 15.5. The lowest BCUT2D eigenvalue weighted by atomic mass is 10.2. The Kier molecular flexibility index (Phi) is 4.91. The molecule has 1 aliphatic rings. The summed E-state index contributed by atoms with van der Waals surface area (Å²) < 4.78 is 22.7. The molecule has 0 radical (unpaired) electrons. The molecule has 1 fully saturated rings. The molecule has 1 saturated heterocycles. The molecule has 25 heavy (non-hydrogen) atoms. The Balaban J connectivity index is 1.69. The molecule has 2 heterocycles. The summed E-state index contributed by atoms with van der Waals surface area (Å²) in [5.41, 5.74) is 2.06. The minimum absolute atomic E-state index is 0.137. The van der Waals surface area contributed by atoms with Gasteiger partial charge >= 0.3 is 0 Å². The molecule has 1 aromatic carbocycles. The highest BCUT2D eigenvalue weighted by atomic mass is 32.2. The van der Waals surface area contributed by atoms with Crippen LogP contribution in [0.2, 0.25) is 0 Å². The number of rotatable bonds is 4. The van der Waals surface area contributed by atoms with Crippen LogP contribution in [0.25, 0.3) is 0 Å². The molecule has 8 heteroatoms.